The Kier molecular flexibility index (Phi) is 4.22. The van der Waals surface area contributed by atoms with Gasteiger partial charge in [0.1, 0.15) is 0 Å². The summed E-state index contributed by atoms with van der Waals surface area (Å²) in [5, 5.41) is 4.45. The third-order valence-electron chi connectivity index (χ3n) is 4.13. The van der Waals surface area contributed by atoms with Crippen molar-refractivity contribution >= 4 is 0 Å². The molecule has 1 atom stereocenters. The van der Waals surface area contributed by atoms with Gasteiger partial charge in [0.25, 0.3) is 0 Å². The van der Waals surface area contributed by atoms with E-state index in [1.54, 1.807) is 0 Å². The molecule has 0 N–H and O–H groups in total. The summed E-state index contributed by atoms with van der Waals surface area (Å²) in [6.45, 7) is 12.9. The Hall–Kier alpha value is -0.120. The summed E-state index contributed by atoms with van der Waals surface area (Å²) in [5.74, 6) is 0. The standard InChI is InChI=1S/C13H26N3/c1-11(2)16-9-8-15(10-12(16)3)13-4-6-14-7-5-13/h11-13H,4-10H2,1-3H3. The Balaban J connectivity index is 1.86. The molecule has 0 amide bonds. The second-order valence-corrected chi connectivity index (χ2v) is 5.58. The third-order valence-corrected chi connectivity index (χ3v) is 4.13. The fraction of sp³-hybridized carbons (Fsp3) is 1.00. The van der Waals surface area contributed by atoms with Crippen LogP contribution in [0.15, 0.2) is 0 Å². The molecule has 1 radical (unpaired) electrons. The van der Waals surface area contributed by atoms with Gasteiger partial charge in [0.2, 0.25) is 0 Å². The maximum Gasteiger partial charge on any atom is 0.0198 e. The van der Waals surface area contributed by atoms with Crippen LogP contribution >= 0.6 is 0 Å². The monoisotopic (exact) mass is 224 g/mol. The molecule has 2 heterocycles. The highest BCUT2D eigenvalue weighted by Crippen LogP contribution is 2.19. The van der Waals surface area contributed by atoms with Crippen LogP contribution < -0.4 is 5.32 Å². The molecule has 2 saturated heterocycles. The van der Waals surface area contributed by atoms with Crippen LogP contribution in [0.5, 0.6) is 0 Å². The molecule has 2 aliphatic rings. The van der Waals surface area contributed by atoms with Crippen LogP contribution in [0.3, 0.4) is 0 Å². The second kappa shape index (κ2) is 5.48. The molecule has 3 nitrogen and oxygen atoms in total. The zero-order valence-corrected chi connectivity index (χ0v) is 11.0. The predicted molar refractivity (Wildman–Crippen MR) is 67.8 cm³/mol. The molecular weight excluding hydrogens is 198 g/mol. The summed E-state index contributed by atoms with van der Waals surface area (Å²) in [4.78, 5) is 5.34. The van der Waals surface area contributed by atoms with Gasteiger partial charge in [-0.2, -0.15) is 0 Å². The first kappa shape index (κ1) is 12.3. The molecule has 1 unspecified atom stereocenters. The Morgan fingerprint density at radius 1 is 1.12 bits per heavy atom. The second-order valence-electron chi connectivity index (χ2n) is 5.58. The van der Waals surface area contributed by atoms with Crippen LogP contribution in [0.4, 0.5) is 0 Å². The predicted octanol–water partition coefficient (Wildman–Crippen LogP) is 1.17. The molecule has 0 aliphatic carbocycles. The quantitative estimate of drug-likeness (QED) is 0.702. The summed E-state index contributed by atoms with van der Waals surface area (Å²) < 4.78 is 0. The molecule has 16 heavy (non-hydrogen) atoms. The third kappa shape index (κ3) is 2.76. The number of hydrogen-bond acceptors (Lipinski definition) is 2. The van der Waals surface area contributed by atoms with Gasteiger partial charge in [-0.25, -0.2) is 5.32 Å². The lowest BCUT2D eigenvalue weighted by Crippen LogP contribution is -2.57. The van der Waals surface area contributed by atoms with E-state index in [1.807, 2.05) is 0 Å². The molecular formula is C13H26N3. The lowest BCUT2D eigenvalue weighted by molar-refractivity contribution is 0.0287. The number of rotatable bonds is 2. The van der Waals surface area contributed by atoms with Crippen LogP contribution in [0.2, 0.25) is 0 Å². The number of piperidine rings is 1. The van der Waals surface area contributed by atoms with Crippen molar-refractivity contribution < 1.29 is 0 Å². The fourth-order valence-corrected chi connectivity index (χ4v) is 3.20. The Morgan fingerprint density at radius 3 is 2.38 bits per heavy atom. The molecule has 0 bridgehead atoms. The van der Waals surface area contributed by atoms with E-state index in [0.29, 0.717) is 12.1 Å². The van der Waals surface area contributed by atoms with Gasteiger partial charge < -0.3 is 0 Å². The molecule has 2 aliphatic heterocycles. The molecule has 0 aromatic carbocycles. The van der Waals surface area contributed by atoms with Gasteiger partial charge in [-0.1, -0.05) is 0 Å². The van der Waals surface area contributed by atoms with E-state index >= 15 is 0 Å². The van der Waals surface area contributed by atoms with Crippen molar-refractivity contribution in [2.24, 2.45) is 0 Å². The van der Waals surface area contributed by atoms with E-state index in [-0.39, 0.29) is 0 Å². The first-order valence-corrected chi connectivity index (χ1v) is 6.81. The minimum absolute atomic E-state index is 0.693. The summed E-state index contributed by atoms with van der Waals surface area (Å²) in [7, 11) is 0. The molecule has 2 fully saturated rings. The zero-order valence-electron chi connectivity index (χ0n) is 11.0. The summed E-state index contributed by atoms with van der Waals surface area (Å²) in [5.41, 5.74) is 0. The highest BCUT2D eigenvalue weighted by molar-refractivity contribution is 4.86. The van der Waals surface area contributed by atoms with E-state index in [0.717, 1.165) is 19.1 Å². The van der Waals surface area contributed by atoms with Gasteiger partial charge in [0.15, 0.2) is 0 Å². The minimum atomic E-state index is 0.693. The van der Waals surface area contributed by atoms with Crippen LogP contribution in [0.25, 0.3) is 0 Å². The Labute approximate surface area is 100 Å². The highest BCUT2D eigenvalue weighted by atomic mass is 15.3. The number of hydrogen-bond donors (Lipinski definition) is 0. The maximum absolute atomic E-state index is 4.45. The van der Waals surface area contributed by atoms with Gasteiger partial charge in [0, 0.05) is 50.8 Å². The van der Waals surface area contributed by atoms with Gasteiger partial charge in [-0.3, -0.25) is 9.80 Å². The summed E-state index contributed by atoms with van der Waals surface area (Å²) in [6, 6.07) is 2.22. The Morgan fingerprint density at radius 2 is 1.81 bits per heavy atom. The molecule has 0 aromatic heterocycles. The average Bonchev–Trinajstić information content (AvgIpc) is 2.29. The van der Waals surface area contributed by atoms with E-state index in [9.17, 15) is 0 Å². The zero-order chi connectivity index (χ0) is 11.5. The van der Waals surface area contributed by atoms with Gasteiger partial charge >= 0.3 is 0 Å². The Bertz CT molecular complexity index is 211. The smallest absolute Gasteiger partial charge is 0.0198 e. The first-order valence-electron chi connectivity index (χ1n) is 6.81. The van der Waals surface area contributed by atoms with Crippen molar-refractivity contribution in [3.8, 4) is 0 Å². The highest BCUT2D eigenvalue weighted by Gasteiger charge is 2.29. The average molecular weight is 224 g/mol. The number of piperazine rings is 1. The lowest BCUT2D eigenvalue weighted by atomic mass is 10.0. The van der Waals surface area contributed by atoms with Gasteiger partial charge in [0.05, 0.1) is 0 Å². The van der Waals surface area contributed by atoms with Crippen molar-refractivity contribution in [3.05, 3.63) is 0 Å². The molecule has 0 saturated carbocycles. The number of nitrogens with zero attached hydrogens (tertiary/aromatic N) is 3. The SMILES string of the molecule is CC(C)N1CCN(C2CC[N]CC2)CC1C. The molecule has 0 spiro atoms. The molecule has 93 valence electrons. The summed E-state index contributed by atoms with van der Waals surface area (Å²) in [6.07, 6.45) is 2.57. The topological polar surface area (TPSA) is 20.6 Å². The lowest BCUT2D eigenvalue weighted by Gasteiger charge is -2.45. The van der Waals surface area contributed by atoms with E-state index < -0.39 is 0 Å². The van der Waals surface area contributed by atoms with Crippen LogP contribution in [-0.2, 0) is 0 Å². The fourth-order valence-electron chi connectivity index (χ4n) is 3.20. The van der Waals surface area contributed by atoms with Crippen molar-refractivity contribution in [2.45, 2.75) is 51.7 Å². The molecule has 2 rings (SSSR count). The molecule has 3 heteroatoms. The van der Waals surface area contributed by atoms with Crippen molar-refractivity contribution in [1.82, 2.24) is 15.1 Å². The molecule has 0 aromatic rings. The van der Waals surface area contributed by atoms with Crippen LogP contribution in [-0.4, -0.2) is 60.6 Å². The van der Waals surface area contributed by atoms with E-state index in [2.05, 4.69) is 35.9 Å². The first-order chi connectivity index (χ1) is 7.68. The van der Waals surface area contributed by atoms with Crippen molar-refractivity contribution in [2.75, 3.05) is 32.7 Å². The van der Waals surface area contributed by atoms with E-state index in [4.69, 9.17) is 0 Å². The minimum Gasteiger partial charge on any atom is -0.297 e. The van der Waals surface area contributed by atoms with Crippen molar-refractivity contribution in [1.29, 1.82) is 0 Å². The normalized spacial score (nSPS) is 31.1. The van der Waals surface area contributed by atoms with E-state index in [1.165, 1.54) is 32.5 Å². The van der Waals surface area contributed by atoms with Crippen LogP contribution in [0.1, 0.15) is 33.6 Å². The largest absolute Gasteiger partial charge is 0.297 e. The van der Waals surface area contributed by atoms with Gasteiger partial charge in [-0.05, 0) is 33.6 Å². The van der Waals surface area contributed by atoms with Crippen molar-refractivity contribution in [3.63, 3.8) is 0 Å². The van der Waals surface area contributed by atoms with Gasteiger partial charge in [-0.15, -0.1) is 0 Å². The maximum atomic E-state index is 4.45. The van der Waals surface area contributed by atoms with Crippen LogP contribution in [0, 0.1) is 0 Å². The summed E-state index contributed by atoms with van der Waals surface area (Å²) >= 11 is 0.